The molecule has 0 fully saturated rings. The van der Waals surface area contributed by atoms with Crippen LogP contribution in [0.25, 0.3) is 0 Å². The molecule has 0 amide bonds. The minimum Gasteiger partial charge on any atom is -0.380 e. The van der Waals surface area contributed by atoms with Crippen molar-refractivity contribution in [2.75, 3.05) is 12.4 Å². The first-order valence-electron chi connectivity index (χ1n) is 6.68. The van der Waals surface area contributed by atoms with Gasteiger partial charge in [0.2, 0.25) is 10.0 Å². The van der Waals surface area contributed by atoms with Gasteiger partial charge in [0.15, 0.2) is 0 Å². The van der Waals surface area contributed by atoms with Gasteiger partial charge in [0.1, 0.15) is 0 Å². The molecule has 5 nitrogen and oxygen atoms in total. The predicted molar refractivity (Wildman–Crippen MR) is 86.2 cm³/mol. The maximum absolute atomic E-state index is 11.8. The SMILES string of the molecule is CCc1ncc(CNc2cc(S(=O)(=O)NC)ccc2C)s1. The van der Waals surface area contributed by atoms with E-state index in [1.807, 2.05) is 13.1 Å². The number of aromatic nitrogens is 1. The molecule has 2 rings (SSSR count). The first-order chi connectivity index (χ1) is 9.96. The molecule has 114 valence electrons. The number of nitrogens with zero attached hydrogens (tertiary/aromatic N) is 1. The van der Waals surface area contributed by atoms with E-state index in [0.29, 0.717) is 6.54 Å². The minimum atomic E-state index is -3.42. The fraction of sp³-hybridized carbons (Fsp3) is 0.357. The van der Waals surface area contributed by atoms with Gasteiger partial charge in [0.05, 0.1) is 16.4 Å². The molecular formula is C14H19N3O2S2. The number of hydrogen-bond acceptors (Lipinski definition) is 5. The molecule has 0 unspecified atom stereocenters. The highest BCUT2D eigenvalue weighted by atomic mass is 32.2. The zero-order valence-electron chi connectivity index (χ0n) is 12.3. The van der Waals surface area contributed by atoms with Crippen molar-refractivity contribution in [3.8, 4) is 0 Å². The van der Waals surface area contributed by atoms with Gasteiger partial charge in [-0.15, -0.1) is 11.3 Å². The standard InChI is InChI=1S/C14H19N3O2S2/c1-4-14-17-9-11(20-14)8-16-13-7-12(6-5-10(13)2)21(18,19)15-3/h5-7,9,15-16H,4,8H2,1-3H3. The number of rotatable bonds is 6. The normalized spacial score (nSPS) is 11.6. The summed E-state index contributed by atoms with van der Waals surface area (Å²) in [5, 5.41) is 4.39. The molecule has 21 heavy (non-hydrogen) atoms. The number of hydrogen-bond donors (Lipinski definition) is 2. The third-order valence-corrected chi connectivity index (χ3v) is 5.70. The maximum Gasteiger partial charge on any atom is 0.240 e. The molecule has 2 aromatic rings. The van der Waals surface area contributed by atoms with Gasteiger partial charge in [0.25, 0.3) is 0 Å². The first-order valence-corrected chi connectivity index (χ1v) is 8.98. The zero-order valence-corrected chi connectivity index (χ0v) is 13.9. The minimum absolute atomic E-state index is 0.261. The lowest BCUT2D eigenvalue weighted by atomic mass is 10.2. The van der Waals surface area contributed by atoms with Crippen molar-refractivity contribution in [2.24, 2.45) is 0 Å². The lowest BCUT2D eigenvalue weighted by molar-refractivity contribution is 0.588. The quantitative estimate of drug-likeness (QED) is 0.856. The molecule has 0 aliphatic heterocycles. The molecule has 1 aromatic heterocycles. The predicted octanol–water partition coefficient (Wildman–Crippen LogP) is 2.53. The Morgan fingerprint density at radius 1 is 1.33 bits per heavy atom. The van der Waals surface area contributed by atoms with Crippen molar-refractivity contribution in [1.29, 1.82) is 0 Å². The number of aryl methyl sites for hydroxylation is 2. The van der Waals surface area contributed by atoms with Crippen LogP contribution in [0.2, 0.25) is 0 Å². The second-order valence-electron chi connectivity index (χ2n) is 4.61. The molecule has 0 saturated carbocycles. The third kappa shape index (κ3) is 3.81. The van der Waals surface area contributed by atoms with Crippen molar-refractivity contribution < 1.29 is 8.42 Å². The summed E-state index contributed by atoms with van der Waals surface area (Å²) < 4.78 is 26.0. The van der Waals surface area contributed by atoms with Crippen molar-refractivity contribution >= 4 is 27.0 Å². The summed E-state index contributed by atoms with van der Waals surface area (Å²) in [7, 11) is -2.01. The van der Waals surface area contributed by atoms with Crippen molar-refractivity contribution in [3.63, 3.8) is 0 Å². The van der Waals surface area contributed by atoms with Gasteiger partial charge in [-0.3, -0.25) is 0 Å². The summed E-state index contributed by atoms with van der Waals surface area (Å²) in [6, 6.07) is 5.06. The molecule has 0 saturated heterocycles. The average molecular weight is 325 g/mol. The number of thiazole rings is 1. The molecule has 0 bridgehead atoms. The summed E-state index contributed by atoms with van der Waals surface area (Å²) in [6.45, 7) is 4.66. The van der Waals surface area contributed by atoms with Crippen LogP contribution >= 0.6 is 11.3 Å². The van der Waals surface area contributed by atoms with Crippen LogP contribution in [0, 0.1) is 6.92 Å². The first kappa shape index (κ1) is 15.9. The van der Waals surface area contributed by atoms with Gasteiger partial charge < -0.3 is 5.32 Å². The summed E-state index contributed by atoms with van der Waals surface area (Å²) in [5.74, 6) is 0. The molecule has 1 aromatic carbocycles. The van der Waals surface area contributed by atoms with E-state index >= 15 is 0 Å². The Hall–Kier alpha value is -1.44. The van der Waals surface area contributed by atoms with E-state index in [-0.39, 0.29) is 4.90 Å². The Kier molecular flexibility index (Phi) is 4.97. The largest absolute Gasteiger partial charge is 0.380 e. The summed E-state index contributed by atoms with van der Waals surface area (Å²) >= 11 is 1.67. The lowest BCUT2D eigenvalue weighted by Gasteiger charge is -2.11. The number of sulfonamides is 1. The fourth-order valence-electron chi connectivity index (χ4n) is 1.85. The van der Waals surface area contributed by atoms with Crippen LogP contribution < -0.4 is 10.0 Å². The molecule has 0 aliphatic rings. The fourth-order valence-corrected chi connectivity index (χ4v) is 3.41. The van der Waals surface area contributed by atoms with Crippen LogP contribution in [0.15, 0.2) is 29.3 Å². The van der Waals surface area contributed by atoms with Crippen LogP contribution in [0.5, 0.6) is 0 Å². The van der Waals surface area contributed by atoms with Crippen LogP contribution in [0.1, 0.15) is 22.4 Å². The Balaban J connectivity index is 2.17. The van der Waals surface area contributed by atoms with Crippen molar-refractivity contribution in [2.45, 2.75) is 31.7 Å². The van der Waals surface area contributed by atoms with E-state index in [2.05, 4.69) is 21.9 Å². The Bertz CT molecular complexity index is 724. The van der Waals surface area contributed by atoms with E-state index < -0.39 is 10.0 Å². The van der Waals surface area contributed by atoms with Crippen molar-refractivity contribution in [3.05, 3.63) is 39.8 Å². The van der Waals surface area contributed by atoms with E-state index in [9.17, 15) is 8.42 Å². The average Bonchev–Trinajstić information content (AvgIpc) is 2.94. The van der Waals surface area contributed by atoms with Crippen LogP contribution in [-0.4, -0.2) is 20.4 Å². The molecule has 0 spiro atoms. The van der Waals surface area contributed by atoms with Gasteiger partial charge >= 0.3 is 0 Å². The molecule has 0 radical (unpaired) electrons. The Morgan fingerprint density at radius 2 is 2.10 bits per heavy atom. The van der Waals surface area contributed by atoms with Gasteiger partial charge in [-0.1, -0.05) is 13.0 Å². The highest BCUT2D eigenvalue weighted by Gasteiger charge is 2.13. The second-order valence-corrected chi connectivity index (χ2v) is 7.70. The topological polar surface area (TPSA) is 71.1 Å². The number of benzene rings is 1. The van der Waals surface area contributed by atoms with Gasteiger partial charge in [0, 0.05) is 16.8 Å². The monoisotopic (exact) mass is 325 g/mol. The molecule has 2 N–H and O–H groups in total. The number of nitrogens with one attached hydrogen (secondary N) is 2. The summed E-state index contributed by atoms with van der Waals surface area (Å²) in [4.78, 5) is 5.71. The van der Waals surface area contributed by atoms with Gasteiger partial charge in [-0.25, -0.2) is 18.1 Å². The summed E-state index contributed by atoms with van der Waals surface area (Å²) in [5.41, 5.74) is 1.82. The lowest BCUT2D eigenvalue weighted by Crippen LogP contribution is -2.18. The van der Waals surface area contributed by atoms with E-state index in [0.717, 1.165) is 27.6 Å². The van der Waals surface area contributed by atoms with E-state index in [1.165, 1.54) is 7.05 Å². The highest BCUT2D eigenvalue weighted by Crippen LogP contribution is 2.22. The molecule has 7 heteroatoms. The highest BCUT2D eigenvalue weighted by molar-refractivity contribution is 7.89. The Labute approximate surface area is 129 Å². The van der Waals surface area contributed by atoms with Crippen LogP contribution in [0.3, 0.4) is 0 Å². The molecule has 0 aliphatic carbocycles. The van der Waals surface area contributed by atoms with Crippen LogP contribution in [-0.2, 0) is 23.0 Å². The third-order valence-electron chi connectivity index (χ3n) is 3.15. The van der Waals surface area contributed by atoms with E-state index in [1.54, 1.807) is 29.5 Å². The molecule has 0 atom stereocenters. The molecule has 1 heterocycles. The smallest absolute Gasteiger partial charge is 0.240 e. The molecular weight excluding hydrogens is 306 g/mol. The summed E-state index contributed by atoms with van der Waals surface area (Å²) in [6.07, 6.45) is 2.79. The van der Waals surface area contributed by atoms with Gasteiger partial charge in [-0.2, -0.15) is 0 Å². The van der Waals surface area contributed by atoms with Crippen molar-refractivity contribution in [1.82, 2.24) is 9.71 Å². The van der Waals surface area contributed by atoms with Crippen LogP contribution in [0.4, 0.5) is 5.69 Å². The van der Waals surface area contributed by atoms with E-state index in [4.69, 9.17) is 0 Å². The Morgan fingerprint density at radius 3 is 2.71 bits per heavy atom. The van der Waals surface area contributed by atoms with Gasteiger partial charge in [-0.05, 0) is 38.1 Å². The zero-order chi connectivity index (χ0) is 15.5. The number of anilines is 1. The second kappa shape index (κ2) is 6.55. The maximum atomic E-state index is 11.8.